The first kappa shape index (κ1) is 21.2. The maximum absolute atomic E-state index is 11.0. The number of hydrogen-bond donors (Lipinski definition) is 0. The molecule has 6 heteroatoms. The molecule has 20 heavy (non-hydrogen) atoms. The van der Waals surface area contributed by atoms with Gasteiger partial charge in [0.2, 0.25) is 11.8 Å². The van der Waals surface area contributed by atoms with Crippen LogP contribution < -0.4 is 0 Å². The minimum Gasteiger partial charge on any atom is -0.384 e. The largest absolute Gasteiger partial charge is 0.384 e. The highest BCUT2D eigenvalue weighted by Crippen LogP contribution is 1.89. The van der Waals surface area contributed by atoms with E-state index < -0.39 is 0 Å². The lowest BCUT2D eigenvalue weighted by Crippen LogP contribution is -2.22. The third-order valence-corrected chi connectivity index (χ3v) is 2.33. The topological polar surface area (TPSA) is 59.1 Å². The van der Waals surface area contributed by atoms with Crippen molar-refractivity contribution in [2.45, 2.75) is 26.2 Å². The molecule has 0 aliphatic rings. The summed E-state index contributed by atoms with van der Waals surface area (Å²) in [7, 11) is 8.56. The van der Waals surface area contributed by atoms with Crippen molar-refractivity contribution in [1.29, 1.82) is 0 Å². The minimum atomic E-state index is 0.108. The first-order valence-corrected chi connectivity index (χ1v) is 6.83. The third-order valence-electron chi connectivity index (χ3n) is 2.33. The summed E-state index contributed by atoms with van der Waals surface area (Å²) in [4.78, 5) is 24.8. The first-order chi connectivity index (χ1) is 9.36. The van der Waals surface area contributed by atoms with E-state index in [-0.39, 0.29) is 11.8 Å². The molecule has 0 unspecified atom stereocenters. The van der Waals surface area contributed by atoms with Crippen molar-refractivity contribution in [2.24, 2.45) is 0 Å². The molecular formula is C14H30N2O4. The summed E-state index contributed by atoms with van der Waals surface area (Å²) >= 11 is 0. The summed E-state index contributed by atoms with van der Waals surface area (Å²) < 4.78 is 9.87. The lowest BCUT2D eigenvalue weighted by Gasteiger charge is -2.09. The van der Waals surface area contributed by atoms with E-state index >= 15 is 0 Å². The fraction of sp³-hybridized carbons (Fsp3) is 0.857. The maximum atomic E-state index is 11.0. The molecule has 0 saturated heterocycles. The molecule has 6 nitrogen and oxygen atoms in total. The molecule has 0 radical (unpaired) electrons. The van der Waals surface area contributed by atoms with Crippen molar-refractivity contribution in [2.75, 3.05) is 55.1 Å². The molecule has 0 spiro atoms. The van der Waals surface area contributed by atoms with Gasteiger partial charge in [0.15, 0.2) is 0 Å². The van der Waals surface area contributed by atoms with E-state index in [1.54, 1.807) is 45.1 Å². The van der Waals surface area contributed by atoms with Gasteiger partial charge in [0.05, 0.1) is 26.1 Å². The Morgan fingerprint density at radius 1 is 0.850 bits per heavy atom. The van der Waals surface area contributed by atoms with Gasteiger partial charge in [0, 0.05) is 41.9 Å². The Morgan fingerprint density at radius 3 is 1.65 bits per heavy atom. The second-order valence-electron chi connectivity index (χ2n) is 4.68. The van der Waals surface area contributed by atoms with Crippen LogP contribution in [0.3, 0.4) is 0 Å². The van der Waals surface area contributed by atoms with Crippen molar-refractivity contribution in [3.05, 3.63) is 0 Å². The first-order valence-electron chi connectivity index (χ1n) is 6.83. The van der Waals surface area contributed by atoms with Crippen LogP contribution in [0.1, 0.15) is 26.2 Å². The van der Waals surface area contributed by atoms with E-state index in [9.17, 15) is 9.59 Å². The fourth-order valence-electron chi connectivity index (χ4n) is 1.04. The Balaban J connectivity index is 0. The monoisotopic (exact) mass is 290 g/mol. The van der Waals surface area contributed by atoms with E-state index in [0.717, 1.165) is 13.0 Å². The van der Waals surface area contributed by atoms with E-state index in [1.165, 1.54) is 0 Å². The van der Waals surface area contributed by atoms with Gasteiger partial charge in [-0.15, -0.1) is 0 Å². The van der Waals surface area contributed by atoms with Gasteiger partial charge in [-0.05, 0) is 6.42 Å². The predicted octanol–water partition coefficient (Wildman–Crippen LogP) is 1.00. The van der Waals surface area contributed by atoms with Gasteiger partial charge in [-0.25, -0.2) is 0 Å². The van der Waals surface area contributed by atoms with Gasteiger partial charge in [0.25, 0.3) is 0 Å². The highest BCUT2D eigenvalue weighted by Gasteiger charge is 2.02. The van der Waals surface area contributed by atoms with E-state index in [1.807, 2.05) is 6.92 Å². The Hall–Kier alpha value is -1.14. The van der Waals surface area contributed by atoms with Crippen molar-refractivity contribution < 1.29 is 19.1 Å². The summed E-state index contributed by atoms with van der Waals surface area (Å²) in [6, 6.07) is 0. The molecule has 2 amide bonds. The zero-order valence-electron chi connectivity index (χ0n) is 13.8. The van der Waals surface area contributed by atoms with Crippen LogP contribution in [-0.2, 0) is 19.1 Å². The summed E-state index contributed by atoms with van der Waals surface area (Å²) in [5.74, 6) is 0.234. The molecule has 0 aromatic rings. The van der Waals surface area contributed by atoms with E-state index in [2.05, 4.69) is 0 Å². The quantitative estimate of drug-likeness (QED) is 0.626. The normalized spacial score (nSPS) is 9.50. The Labute approximate surface area is 123 Å². The number of amides is 2. The lowest BCUT2D eigenvalue weighted by molar-refractivity contribution is -0.130. The average molecular weight is 290 g/mol. The number of ether oxygens (including phenoxy) is 2. The zero-order chi connectivity index (χ0) is 16.0. The smallest absolute Gasteiger partial charge is 0.224 e. The summed E-state index contributed by atoms with van der Waals surface area (Å²) in [5, 5.41) is 0. The van der Waals surface area contributed by atoms with E-state index in [0.29, 0.717) is 26.1 Å². The van der Waals surface area contributed by atoms with Gasteiger partial charge in [-0.3, -0.25) is 9.59 Å². The summed E-state index contributed by atoms with van der Waals surface area (Å²) in [6.45, 7) is 3.86. The van der Waals surface area contributed by atoms with E-state index in [4.69, 9.17) is 9.47 Å². The molecule has 0 N–H and O–H groups in total. The van der Waals surface area contributed by atoms with Crippen LogP contribution in [0.25, 0.3) is 0 Å². The molecule has 0 aromatic heterocycles. The van der Waals surface area contributed by atoms with Crippen LogP contribution in [0.5, 0.6) is 0 Å². The lowest BCUT2D eigenvalue weighted by atomic mass is 10.4. The van der Waals surface area contributed by atoms with Gasteiger partial charge in [-0.2, -0.15) is 0 Å². The standard InChI is InChI=1S/C8H17NO2.C6H13NO2/c1-4-6-11-7-5-8(10)9(2)3;1-7(2)6(8)4-5-9-3/h4-7H2,1-3H3;4-5H2,1-3H3. The highest BCUT2D eigenvalue weighted by atomic mass is 16.5. The van der Waals surface area contributed by atoms with Crippen molar-refractivity contribution in [3.8, 4) is 0 Å². The third kappa shape index (κ3) is 14.9. The number of carbonyl (C=O) groups excluding carboxylic acids is 2. The summed E-state index contributed by atoms with van der Waals surface area (Å²) in [5.41, 5.74) is 0. The molecule has 0 fully saturated rings. The Kier molecular flexibility index (Phi) is 15.1. The van der Waals surface area contributed by atoms with Crippen LogP contribution in [-0.4, -0.2) is 76.7 Å². The number of hydrogen-bond acceptors (Lipinski definition) is 4. The van der Waals surface area contributed by atoms with Crippen LogP contribution in [0.15, 0.2) is 0 Å². The van der Waals surface area contributed by atoms with Crippen LogP contribution >= 0.6 is 0 Å². The number of rotatable bonds is 8. The van der Waals surface area contributed by atoms with Crippen LogP contribution in [0, 0.1) is 0 Å². The molecule has 0 saturated carbocycles. The van der Waals surface area contributed by atoms with Crippen LogP contribution in [0.4, 0.5) is 0 Å². The molecule has 0 heterocycles. The van der Waals surface area contributed by atoms with Crippen molar-refractivity contribution in [3.63, 3.8) is 0 Å². The molecule has 0 atom stereocenters. The number of carbonyl (C=O) groups is 2. The van der Waals surface area contributed by atoms with Gasteiger partial charge < -0.3 is 19.3 Å². The van der Waals surface area contributed by atoms with Gasteiger partial charge in [-0.1, -0.05) is 6.92 Å². The minimum absolute atomic E-state index is 0.108. The molecule has 0 aliphatic heterocycles. The number of nitrogens with zero attached hydrogens (tertiary/aromatic N) is 2. The zero-order valence-corrected chi connectivity index (χ0v) is 13.8. The number of methoxy groups -OCH3 is 1. The molecule has 0 rings (SSSR count). The second kappa shape index (κ2) is 14.3. The Morgan fingerprint density at radius 2 is 1.30 bits per heavy atom. The maximum Gasteiger partial charge on any atom is 0.224 e. The highest BCUT2D eigenvalue weighted by molar-refractivity contribution is 5.75. The Bertz CT molecular complexity index is 256. The van der Waals surface area contributed by atoms with Crippen molar-refractivity contribution >= 4 is 11.8 Å². The molecule has 120 valence electrons. The molecular weight excluding hydrogens is 260 g/mol. The average Bonchev–Trinajstić information content (AvgIpc) is 2.41. The fourth-order valence-corrected chi connectivity index (χ4v) is 1.04. The molecule has 0 aromatic carbocycles. The molecule has 0 bridgehead atoms. The van der Waals surface area contributed by atoms with Crippen molar-refractivity contribution in [1.82, 2.24) is 9.80 Å². The summed E-state index contributed by atoms with van der Waals surface area (Å²) in [6.07, 6.45) is 1.98. The van der Waals surface area contributed by atoms with Gasteiger partial charge in [0.1, 0.15) is 0 Å². The van der Waals surface area contributed by atoms with Crippen LogP contribution in [0.2, 0.25) is 0 Å². The SMILES string of the molecule is CCCOCCC(=O)N(C)C.COCCC(=O)N(C)C. The predicted molar refractivity (Wildman–Crippen MR) is 79.6 cm³/mol. The second-order valence-corrected chi connectivity index (χ2v) is 4.68. The van der Waals surface area contributed by atoms with Gasteiger partial charge >= 0.3 is 0 Å². The molecule has 0 aliphatic carbocycles.